The van der Waals surface area contributed by atoms with Crippen molar-refractivity contribution in [3.05, 3.63) is 48.3 Å². The number of aryl methyl sites for hydroxylation is 1. The summed E-state index contributed by atoms with van der Waals surface area (Å²) in [7, 11) is 1.58. The molecule has 2 aromatic heterocycles. The van der Waals surface area contributed by atoms with Crippen molar-refractivity contribution < 1.29 is 4.84 Å². The van der Waals surface area contributed by atoms with Crippen LogP contribution in [0.25, 0.3) is 22.0 Å². The summed E-state index contributed by atoms with van der Waals surface area (Å²) in [6.07, 6.45) is 3.81. The van der Waals surface area contributed by atoms with E-state index in [9.17, 15) is 0 Å². The molecular formula is C15H15N3O. The molecule has 0 amide bonds. The van der Waals surface area contributed by atoms with E-state index in [1.165, 1.54) is 10.9 Å². The summed E-state index contributed by atoms with van der Waals surface area (Å²) in [5.41, 5.74) is 7.38. The van der Waals surface area contributed by atoms with Gasteiger partial charge in [0.15, 0.2) is 0 Å². The van der Waals surface area contributed by atoms with Gasteiger partial charge in [-0.2, -0.15) is 0 Å². The van der Waals surface area contributed by atoms with Gasteiger partial charge in [-0.3, -0.25) is 4.84 Å². The topological polar surface area (TPSA) is 49.9 Å². The number of nitrogens with one attached hydrogen (secondary N) is 2. The van der Waals surface area contributed by atoms with Gasteiger partial charge in [-0.1, -0.05) is 12.1 Å². The first-order chi connectivity index (χ1) is 9.29. The van der Waals surface area contributed by atoms with Crippen LogP contribution in [-0.2, 0) is 4.84 Å². The first kappa shape index (κ1) is 11.7. The van der Waals surface area contributed by atoms with Crippen molar-refractivity contribution in [3.8, 4) is 11.1 Å². The van der Waals surface area contributed by atoms with Crippen molar-refractivity contribution in [1.82, 2.24) is 9.97 Å². The summed E-state index contributed by atoms with van der Waals surface area (Å²) in [5.74, 6) is 0.704. The van der Waals surface area contributed by atoms with Crippen LogP contribution in [-0.4, -0.2) is 17.1 Å². The molecular weight excluding hydrogens is 238 g/mol. The van der Waals surface area contributed by atoms with Crippen LogP contribution in [0.4, 0.5) is 5.82 Å². The molecule has 0 saturated heterocycles. The van der Waals surface area contributed by atoms with Gasteiger partial charge < -0.3 is 4.98 Å². The van der Waals surface area contributed by atoms with Crippen LogP contribution in [0.15, 0.2) is 42.7 Å². The lowest BCUT2D eigenvalue weighted by Crippen LogP contribution is -1.99. The smallest absolute Gasteiger partial charge is 0.150 e. The van der Waals surface area contributed by atoms with E-state index >= 15 is 0 Å². The van der Waals surface area contributed by atoms with E-state index in [1.54, 1.807) is 7.11 Å². The summed E-state index contributed by atoms with van der Waals surface area (Å²) in [5, 5.41) is 1.21. The van der Waals surface area contributed by atoms with Crippen molar-refractivity contribution in [2.75, 3.05) is 12.6 Å². The van der Waals surface area contributed by atoms with E-state index in [-0.39, 0.29) is 0 Å². The summed E-state index contributed by atoms with van der Waals surface area (Å²) in [6, 6.07) is 10.3. The fourth-order valence-electron chi connectivity index (χ4n) is 2.29. The molecule has 3 aromatic rings. The maximum absolute atomic E-state index is 4.91. The number of fused-ring (bicyclic) bond motifs is 1. The lowest BCUT2D eigenvalue weighted by molar-refractivity contribution is 0.269. The average molecular weight is 253 g/mol. The average Bonchev–Trinajstić information content (AvgIpc) is 2.89. The quantitative estimate of drug-likeness (QED) is 0.702. The number of anilines is 1. The van der Waals surface area contributed by atoms with Crippen molar-refractivity contribution in [3.63, 3.8) is 0 Å². The fraction of sp³-hybridized carbons (Fsp3) is 0.133. The van der Waals surface area contributed by atoms with Gasteiger partial charge >= 0.3 is 0 Å². The zero-order valence-electron chi connectivity index (χ0n) is 10.9. The van der Waals surface area contributed by atoms with Gasteiger partial charge in [0.25, 0.3) is 0 Å². The molecule has 19 heavy (non-hydrogen) atoms. The Balaban J connectivity index is 2.20. The number of H-pyrrole nitrogens is 1. The van der Waals surface area contributed by atoms with Crippen LogP contribution >= 0.6 is 0 Å². The van der Waals surface area contributed by atoms with Crippen LogP contribution in [0, 0.1) is 6.92 Å². The monoisotopic (exact) mass is 253 g/mol. The maximum atomic E-state index is 4.91. The van der Waals surface area contributed by atoms with Crippen molar-refractivity contribution in [1.29, 1.82) is 0 Å². The van der Waals surface area contributed by atoms with E-state index in [2.05, 4.69) is 46.6 Å². The molecule has 0 bridgehead atoms. The summed E-state index contributed by atoms with van der Waals surface area (Å²) < 4.78 is 0. The maximum Gasteiger partial charge on any atom is 0.150 e. The lowest BCUT2D eigenvalue weighted by atomic mass is 9.99. The first-order valence-corrected chi connectivity index (χ1v) is 6.11. The zero-order chi connectivity index (χ0) is 13.2. The van der Waals surface area contributed by atoms with Gasteiger partial charge in [0.1, 0.15) is 5.82 Å². The van der Waals surface area contributed by atoms with Gasteiger partial charge in [0.05, 0.1) is 7.11 Å². The summed E-state index contributed by atoms with van der Waals surface area (Å²) in [6.45, 7) is 2.06. The Morgan fingerprint density at radius 1 is 1.21 bits per heavy atom. The van der Waals surface area contributed by atoms with E-state index in [0.717, 1.165) is 16.6 Å². The number of pyridine rings is 1. The van der Waals surface area contributed by atoms with E-state index < -0.39 is 0 Å². The molecule has 4 nitrogen and oxygen atoms in total. The minimum Gasteiger partial charge on any atom is -0.361 e. The molecule has 0 aliphatic rings. The van der Waals surface area contributed by atoms with Crippen LogP contribution in [0.1, 0.15) is 5.56 Å². The molecule has 0 saturated carbocycles. The van der Waals surface area contributed by atoms with Gasteiger partial charge in [0, 0.05) is 23.3 Å². The SMILES string of the molecule is CONc1cc(-c2cccc3[nH]ccc23)c(C)cn1. The highest BCUT2D eigenvalue weighted by Crippen LogP contribution is 2.31. The third kappa shape index (κ3) is 2.06. The van der Waals surface area contributed by atoms with Gasteiger partial charge in [-0.05, 0) is 41.8 Å². The number of hydrogen-bond donors (Lipinski definition) is 2. The first-order valence-electron chi connectivity index (χ1n) is 6.11. The van der Waals surface area contributed by atoms with Crippen LogP contribution in [0.2, 0.25) is 0 Å². The molecule has 4 heteroatoms. The van der Waals surface area contributed by atoms with Gasteiger partial charge in [-0.15, -0.1) is 0 Å². The Hall–Kier alpha value is -2.33. The molecule has 0 spiro atoms. The second-order valence-corrected chi connectivity index (χ2v) is 4.44. The van der Waals surface area contributed by atoms with Crippen LogP contribution < -0.4 is 5.48 Å². The molecule has 2 N–H and O–H groups in total. The molecule has 96 valence electrons. The molecule has 0 atom stereocenters. The van der Waals surface area contributed by atoms with Crippen molar-refractivity contribution in [2.45, 2.75) is 6.92 Å². The highest BCUT2D eigenvalue weighted by atomic mass is 16.6. The highest BCUT2D eigenvalue weighted by Gasteiger charge is 2.08. The largest absolute Gasteiger partial charge is 0.361 e. The summed E-state index contributed by atoms with van der Waals surface area (Å²) in [4.78, 5) is 12.4. The number of benzene rings is 1. The third-order valence-electron chi connectivity index (χ3n) is 3.19. The number of hydrogen-bond acceptors (Lipinski definition) is 3. The van der Waals surface area contributed by atoms with E-state index in [0.29, 0.717) is 5.82 Å². The minimum atomic E-state index is 0.704. The molecule has 0 fully saturated rings. The number of rotatable bonds is 3. The molecule has 0 radical (unpaired) electrons. The number of aromatic amines is 1. The minimum absolute atomic E-state index is 0.704. The van der Waals surface area contributed by atoms with Gasteiger partial charge in [-0.25, -0.2) is 10.5 Å². The van der Waals surface area contributed by atoms with Crippen LogP contribution in [0.3, 0.4) is 0 Å². The van der Waals surface area contributed by atoms with E-state index in [4.69, 9.17) is 4.84 Å². The molecule has 1 aromatic carbocycles. The number of nitrogens with zero attached hydrogens (tertiary/aromatic N) is 1. The Kier molecular flexibility index (Phi) is 2.93. The highest BCUT2D eigenvalue weighted by molar-refractivity contribution is 5.96. The lowest BCUT2D eigenvalue weighted by Gasteiger charge is -2.10. The molecule has 0 unspecified atom stereocenters. The molecule has 0 aliphatic heterocycles. The Labute approximate surface area is 111 Å². The molecule has 3 rings (SSSR count). The predicted molar refractivity (Wildman–Crippen MR) is 76.9 cm³/mol. The van der Waals surface area contributed by atoms with E-state index in [1.807, 2.05) is 18.5 Å². The fourth-order valence-corrected chi connectivity index (χ4v) is 2.29. The van der Waals surface area contributed by atoms with Crippen LogP contribution in [0.5, 0.6) is 0 Å². The van der Waals surface area contributed by atoms with Gasteiger partial charge in [0.2, 0.25) is 0 Å². The Bertz CT molecular complexity index is 718. The van der Waals surface area contributed by atoms with Crippen molar-refractivity contribution in [2.24, 2.45) is 0 Å². The predicted octanol–water partition coefficient (Wildman–Crippen LogP) is 3.51. The third-order valence-corrected chi connectivity index (χ3v) is 3.19. The second kappa shape index (κ2) is 4.74. The van der Waals surface area contributed by atoms with Crippen molar-refractivity contribution >= 4 is 16.7 Å². The zero-order valence-corrected chi connectivity index (χ0v) is 10.9. The molecule has 0 aliphatic carbocycles. The Morgan fingerprint density at radius 3 is 2.95 bits per heavy atom. The molecule has 2 heterocycles. The number of aromatic nitrogens is 2. The Morgan fingerprint density at radius 2 is 2.11 bits per heavy atom. The summed E-state index contributed by atoms with van der Waals surface area (Å²) >= 11 is 0. The second-order valence-electron chi connectivity index (χ2n) is 4.44. The standard InChI is InChI=1S/C15H15N3O/c1-10-9-17-15(18-19-2)8-13(10)11-4-3-5-14-12(11)6-7-16-14/h3-9,16H,1-2H3,(H,17,18). The normalized spacial score (nSPS) is 10.8.